The summed E-state index contributed by atoms with van der Waals surface area (Å²) < 4.78 is 5.47. The van der Waals surface area contributed by atoms with Crippen LogP contribution in [0.4, 0.5) is 0 Å². The van der Waals surface area contributed by atoms with Crippen molar-refractivity contribution in [1.82, 2.24) is 0 Å². The van der Waals surface area contributed by atoms with E-state index in [4.69, 9.17) is 4.74 Å². The molecule has 1 heterocycles. The van der Waals surface area contributed by atoms with Gasteiger partial charge in [0.1, 0.15) is 12.4 Å². The van der Waals surface area contributed by atoms with E-state index in [9.17, 15) is 5.11 Å². The maximum atomic E-state index is 9.86. The minimum Gasteiger partial charge on any atom is -0.491 e. The van der Waals surface area contributed by atoms with Crippen LogP contribution in [0.3, 0.4) is 0 Å². The summed E-state index contributed by atoms with van der Waals surface area (Å²) in [5.74, 6) is 1.58. The molecule has 0 spiro atoms. The summed E-state index contributed by atoms with van der Waals surface area (Å²) >= 11 is 0. The number of benzene rings is 1. The Balaban J connectivity index is 2.41. The minimum absolute atomic E-state index is 0.208. The molecule has 0 radical (unpaired) electrons. The van der Waals surface area contributed by atoms with Crippen LogP contribution >= 0.6 is 0 Å². The highest BCUT2D eigenvalue weighted by Gasteiger charge is 2.31. The highest BCUT2D eigenvalue weighted by Crippen LogP contribution is 2.37. The van der Waals surface area contributed by atoms with Crippen molar-refractivity contribution in [2.45, 2.75) is 25.9 Å². The predicted octanol–water partition coefficient (Wildman–Crippen LogP) is 2.18. The Morgan fingerprint density at radius 1 is 1.36 bits per heavy atom. The zero-order valence-electron chi connectivity index (χ0n) is 8.60. The normalized spacial score (nSPS) is 25.7. The van der Waals surface area contributed by atoms with E-state index in [0.29, 0.717) is 12.5 Å². The Labute approximate surface area is 84.5 Å². The van der Waals surface area contributed by atoms with E-state index < -0.39 is 0 Å². The number of fused-ring (bicyclic) bond motifs is 1. The molecule has 0 fully saturated rings. The SMILES string of the molecule is CC(C)[C@H]1c2ccccc2OC[C@@H]1O. The number of aliphatic hydroxyl groups is 1. The molecule has 14 heavy (non-hydrogen) atoms. The summed E-state index contributed by atoms with van der Waals surface area (Å²) in [5, 5.41) is 9.86. The Kier molecular flexibility index (Phi) is 2.46. The first-order valence-electron chi connectivity index (χ1n) is 5.10. The maximum Gasteiger partial charge on any atom is 0.123 e. The van der Waals surface area contributed by atoms with Gasteiger partial charge in [-0.15, -0.1) is 0 Å². The zero-order chi connectivity index (χ0) is 10.1. The molecule has 1 aromatic carbocycles. The average Bonchev–Trinajstić information content (AvgIpc) is 2.17. The molecule has 0 aromatic heterocycles. The first-order chi connectivity index (χ1) is 6.70. The molecule has 0 amide bonds. The lowest BCUT2D eigenvalue weighted by Gasteiger charge is -2.32. The quantitative estimate of drug-likeness (QED) is 0.739. The van der Waals surface area contributed by atoms with Gasteiger partial charge in [-0.1, -0.05) is 32.0 Å². The number of hydrogen-bond donors (Lipinski definition) is 1. The summed E-state index contributed by atoms with van der Waals surface area (Å²) in [7, 11) is 0. The second-order valence-electron chi connectivity index (χ2n) is 4.19. The van der Waals surface area contributed by atoms with E-state index in [2.05, 4.69) is 13.8 Å². The van der Waals surface area contributed by atoms with Gasteiger partial charge in [0, 0.05) is 11.5 Å². The third kappa shape index (κ3) is 1.50. The molecular formula is C12H16O2. The van der Waals surface area contributed by atoms with Gasteiger partial charge in [0.15, 0.2) is 0 Å². The summed E-state index contributed by atoms with van der Waals surface area (Å²) in [5.41, 5.74) is 1.14. The third-order valence-corrected chi connectivity index (χ3v) is 2.82. The van der Waals surface area contributed by atoms with Gasteiger partial charge in [0.05, 0.1) is 6.10 Å². The molecule has 0 saturated carbocycles. The summed E-state index contributed by atoms with van der Waals surface area (Å²) in [6, 6.07) is 7.97. The number of ether oxygens (including phenoxy) is 1. The van der Waals surface area contributed by atoms with Crippen molar-refractivity contribution in [1.29, 1.82) is 0 Å². The van der Waals surface area contributed by atoms with Crippen LogP contribution in [0.5, 0.6) is 5.75 Å². The van der Waals surface area contributed by atoms with Gasteiger partial charge in [0.2, 0.25) is 0 Å². The largest absolute Gasteiger partial charge is 0.491 e. The van der Waals surface area contributed by atoms with Crippen molar-refractivity contribution in [2.24, 2.45) is 5.92 Å². The fourth-order valence-electron chi connectivity index (χ4n) is 2.18. The lowest BCUT2D eigenvalue weighted by atomic mass is 9.82. The van der Waals surface area contributed by atoms with Crippen molar-refractivity contribution in [3.63, 3.8) is 0 Å². The molecule has 0 bridgehead atoms. The topological polar surface area (TPSA) is 29.5 Å². The highest BCUT2D eigenvalue weighted by molar-refractivity contribution is 5.39. The van der Waals surface area contributed by atoms with E-state index in [1.54, 1.807) is 0 Å². The van der Waals surface area contributed by atoms with Crippen LogP contribution < -0.4 is 4.74 Å². The van der Waals surface area contributed by atoms with Gasteiger partial charge >= 0.3 is 0 Å². The summed E-state index contributed by atoms with van der Waals surface area (Å²) in [6.45, 7) is 4.69. The Morgan fingerprint density at radius 3 is 2.79 bits per heavy atom. The predicted molar refractivity (Wildman–Crippen MR) is 55.5 cm³/mol. The van der Waals surface area contributed by atoms with Crippen LogP contribution in [0.15, 0.2) is 24.3 Å². The molecule has 2 nitrogen and oxygen atoms in total. The number of aliphatic hydroxyl groups excluding tert-OH is 1. The second-order valence-corrected chi connectivity index (χ2v) is 4.19. The summed E-state index contributed by atoms with van der Waals surface area (Å²) in [4.78, 5) is 0. The zero-order valence-corrected chi connectivity index (χ0v) is 8.60. The van der Waals surface area contributed by atoms with Crippen LogP contribution in [-0.2, 0) is 0 Å². The van der Waals surface area contributed by atoms with Crippen molar-refractivity contribution in [2.75, 3.05) is 6.61 Å². The maximum absolute atomic E-state index is 9.86. The van der Waals surface area contributed by atoms with Crippen LogP contribution in [-0.4, -0.2) is 17.8 Å². The molecule has 0 saturated heterocycles. The first-order valence-corrected chi connectivity index (χ1v) is 5.10. The third-order valence-electron chi connectivity index (χ3n) is 2.82. The van der Waals surface area contributed by atoms with E-state index >= 15 is 0 Å². The minimum atomic E-state index is -0.370. The van der Waals surface area contributed by atoms with E-state index in [-0.39, 0.29) is 12.0 Å². The van der Waals surface area contributed by atoms with Gasteiger partial charge in [-0.2, -0.15) is 0 Å². The molecule has 2 heteroatoms. The number of para-hydroxylation sites is 1. The van der Waals surface area contributed by atoms with Crippen molar-refractivity contribution >= 4 is 0 Å². The van der Waals surface area contributed by atoms with Gasteiger partial charge in [-0.05, 0) is 12.0 Å². The molecule has 1 aliphatic heterocycles. The van der Waals surface area contributed by atoms with Crippen molar-refractivity contribution in [3.8, 4) is 5.75 Å². The van der Waals surface area contributed by atoms with Crippen molar-refractivity contribution in [3.05, 3.63) is 29.8 Å². The fourth-order valence-corrected chi connectivity index (χ4v) is 2.18. The van der Waals surface area contributed by atoms with Crippen LogP contribution in [0.2, 0.25) is 0 Å². The van der Waals surface area contributed by atoms with E-state index in [0.717, 1.165) is 11.3 Å². The lowest BCUT2D eigenvalue weighted by Crippen LogP contribution is -2.33. The standard InChI is InChI=1S/C12H16O2/c1-8(2)12-9-5-3-4-6-11(9)14-7-10(12)13/h3-6,8,10,12-13H,7H2,1-2H3/t10-,12-/m0/s1. The van der Waals surface area contributed by atoms with Crippen LogP contribution in [0.25, 0.3) is 0 Å². The van der Waals surface area contributed by atoms with Gasteiger partial charge < -0.3 is 9.84 Å². The van der Waals surface area contributed by atoms with Crippen LogP contribution in [0.1, 0.15) is 25.3 Å². The second kappa shape index (κ2) is 3.62. The van der Waals surface area contributed by atoms with E-state index in [1.807, 2.05) is 24.3 Å². The van der Waals surface area contributed by atoms with Crippen molar-refractivity contribution < 1.29 is 9.84 Å². The van der Waals surface area contributed by atoms with E-state index in [1.165, 1.54) is 0 Å². The number of rotatable bonds is 1. The highest BCUT2D eigenvalue weighted by atomic mass is 16.5. The number of hydrogen-bond acceptors (Lipinski definition) is 2. The lowest BCUT2D eigenvalue weighted by molar-refractivity contribution is 0.0516. The first kappa shape index (κ1) is 9.53. The Morgan fingerprint density at radius 2 is 2.07 bits per heavy atom. The van der Waals surface area contributed by atoms with Gasteiger partial charge in [-0.3, -0.25) is 0 Å². The van der Waals surface area contributed by atoms with Crippen LogP contribution in [0, 0.1) is 5.92 Å². The smallest absolute Gasteiger partial charge is 0.123 e. The Hall–Kier alpha value is -1.02. The average molecular weight is 192 g/mol. The fraction of sp³-hybridized carbons (Fsp3) is 0.500. The Bertz CT molecular complexity index is 320. The molecule has 76 valence electrons. The molecule has 0 unspecified atom stereocenters. The molecular weight excluding hydrogens is 176 g/mol. The molecule has 1 N–H and O–H groups in total. The molecule has 1 aromatic rings. The molecule has 2 rings (SSSR count). The molecule has 1 aliphatic rings. The monoisotopic (exact) mass is 192 g/mol. The van der Waals surface area contributed by atoms with Gasteiger partial charge in [-0.25, -0.2) is 0 Å². The van der Waals surface area contributed by atoms with Gasteiger partial charge in [0.25, 0.3) is 0 Å². The molecule has 2 atom stereocenters. The summed E-state index contributed by atoms with van der Waals surface area (Å²) in [6.07, 6.45) is -0.370. The molecule has 0 aliphatic carbocycles.